The van der Waals surface area contributed by atoms with E-state index in [-0.39, 0.29) is 17.9 Å². The van der Waals surface area contributed by atoms with Crippen molar-refractivity contribution in [1.29, 1.82) is 0 Å². The maximum Gasteiger partial charge on any atom is 0.246 e. The number of nitrogens with one attached hydrogen (secondary N) is 1. The first-order valence-electron chi connectivity index (χ1n) is 6.08. The predicted octanol–water partition coefficient (Wildman–Crippen LogP) is 1.33. The number of hydrogen-bond acceptors (Lipinski definition) is 4. The lowest BCUT2D eigenvalue weighted by Crippen LogP contribution is -2.62. The van der Waals surface area contributed by atoms with E-state index in [0.717, 1.165) is 5.01 Å². The number of carbonyl (C=O) groups excluding carboxylic acids is 2. The summed E-state index contributed by atoms with van der Waals surface area (Å²) in [5.41, 5.74) is 0. The number of rotatable bonds is 3. The summed E-state index contributed by atoms with van der Waals surface area (Å²) in [6, 6.07) is -1.01. The van der Waals surface area contributed by atoms with E-state index in [9.17, 15) is 9.59 Å². The van der Waals surface area contributed by atoms with Gasteiger partial charge in [0.25, 0.3) is 0 Å². The van der Waals surface area contributed by atoms with Gasteiger partial charge in [-0.25, -0.2) is 4.98 Å². The van der Waals surface area contributed by atoms with Crippen molar-refractivity contribution in [2.75, 3.05) is 0 Å². The van der Waals surface area contributed by atoms with Crippen molar-refractivity contribution in [3.63, 3.8) is 0 Å². The van der Waals surface area contributed by atoms with Crippen LogP contribution in [0.3, 0.4) is 0 Å². The monoisotopic (exact) mass is 267 g/mol. The van der Waals surface area contributed by atoms with Gasteiger partial charge in [0.2, 0.25) is 11.8 Å². The van der Waals surface area contributed by atoms with Gasteiger partial charge in [-0.05, 0) is 20.3 Å². The first-order valence-corrected chi connectivity index (χ1v) is 6.96. The van der Waals surface area contributed by atoms with E-state index < -0.39 is 12.1 Å². The van der Waals surface area contributed by atoms with Crippen molar-refractivity contribution >= 4 is 23.2 Å². The van der Waals surface area contributed by atoms with E-state index in [4.69, 9.17) is 0 Å². The Bertz CT molecular complexity index is 446. The molecule has 1 N–H and O–H groups in total. The molecule has 6 heteroatoms. The largest absolute Gasteiger partial charge is 0.343 e. The third kappa shape index (κ3) is 2.12. The third-order valence-corrected chi connectivity index (χ3v) is 4.25. The maximum atomic E-state index is 12.3. The van der Waals surface area contributed by atoms with Crippen molar-refractivity contribution in [2.24, 2.45) is 0 Å². The molecule has 1 saturated heterocycles. The summed E-state index contributed by atoms with van der Waals surface area (Å²) in [5.74, 6) is -0.114. The van der Waals surface area contributed by atoms with Crippen LogP contribution in [0.1, 0.15) is 38.2 Å². The Morgan fingerprint density at radius 1 is 1.56 bits per heavy atom. The van der Waals surface area contributed by atoms with E-state index in [1.807, 2.05) is 19.2 Å². The minimum atomic E-state index is -0.445. The molecular weight excluding hydrogens is 250 g/mol. The van der Waals surface area contributed by atoms with Gasteiger partial charge < -0.3 is 10.2 Å². The number of amides is 2. The molecule has 1 aromatic heterocycles. The third-order valence-electron chi connectivity index (χ3n) is 3.30. The Morgan fingerprint density at radius 2 is 2.28 bits per heavy atom. The average molecular weight is 267 g/mol. The van der Waals surface area contributed by atoms with Crippen molar-refractivity contribution in [1.82, 2.24) is 15.2 Å². The molecule has 5 nitrogen and oxygen atoms in total. The molecule has 0 radical (unpaired) electrons. The van der Waals surface area contributed by atoms with Crippen LogP contribution in [0.25, 0.3) is 0 Å². The number of thiazole rings is 1. The highest BCUT2D eigenvalue weighted by Gasteiger charge is 2.40. The molecule has 18 heavy (non-hydrogen) atoms. The van der Waals surface area contributed by atoms with Gasteiger partial charge in [-0.2, -0.15) is 0 Å². The summed E-state index contributed by atoms with van der Waals surface area (Å²) >= 11 is 1.50. The van der Waals surface area contributed by atoms with Gasteiger partial charge in [0.1, 0.15) is 17.1 Å². The standard InChI is InChI=1S/C12H17N3O2S/c1-4-9-12(17)15(7(2)10(16)14-9)8(3)11-13-5-6-18-11/h5-9H,4H2,1-3H3,(H,14,16). The fraction of sp³-hybridized carbons (Fsp3) is 0.583. The molecule has 1 aromatic rings. The van der Waals surface area contributed by atoms with Gasteiger partial charge in [0, 0.05) is 11.6 Å². The number of piperazine rings is 1. The Kier molecular flexibility index (Phi) is 3.65. The van der Waals surface area contributed by atoms with E-state index in [1.54, 1.807) is 18.0 Å². The number of nitrogens with zero attached hydrogens (tertiary/aromatic N) is 2. The number of hydrogen-bond donors (Lipinski definition) is 1. The fourth-order valence-electron chi connectivity index (χ4n) is 2.21. The zero-order valence-electron chi connectivity index (χ0n) is 10.7. The number of carbonyl (C=O) groups is 2. The summed E-state index contributed by atoms with van der Waals surface area (Å²) in [7, 11) is 0. The van der Waals surface area contributed by atoms with Gasteiger partial charge in [-0.15, -0.1) is 11.3 Å². The molecule has 0 aromatic carbocycles. The second-order valence-electron chi connectivity index (χ2n) is 4.44. The minimum absolute atomic E-state index is 0.0210. The highest BCUT2D eigenvalue weighted by Crippen LogP contribution is 2.27. The van der Waals surface area contributed by atoms with E-state index >= 15 is 0 Å². The van der Waals surface area contributed by atoms with Crippen LogP contribution in [0.15, 0.2) is 11.6 Å². The summed E-state index contributed by atoms with van der Waals surface area (Å²) in [5, 5.41) is 5.49. The lowest BCUT2D eigenvalue weighted by Gasteiger charge is -2.40. The van der Waals surface area contributed by atoms with Crippen LogP contribution in [0.5, 0.6) is 0 Å². The second kappa shape index (κ2) is 5.06. The predicted molar refractivity (Wildman–Crippen MR) is 69.1 cm³/mol. The SMILES string of the molecule is CCC1NC(=O)C(C)N(C(C)c2nccs2)C1=O. The first kappa shape index (κ1) is 13.0. The molecule has 2 rings (SSSR count). The molecule has 1 aliphatic heterocycles. The van der Waals surface area contributed by atoms with Crippen molar-refractivity contribution in [2.45, 2.75) is 45.3 Å². The molecule has 2 amide bonds. The summed E-state index contributed by atoms with van der Waals surface area (Å²) in [6.07, 6.45) is 2.32. The molecule has 98 valence electrons. The van der Waals surface area contributed by atoms with Crippen LogP contribution in [0.2, 0.25) is 0 Å². The van der Waals surface area contributed by atoms with E-state index in [2.05, 4.69) is 10.3 Å². The highest BCUT2D eigenvalue weighted by atomic mass is 32.1. The van der Waals surface area contributed by atoms with Gasteiger partial charge in [-0.1, -0.05) is 6.92 Å². The molecule has 2 heterocycles. The van der Waals surface area contributed by atoms with E-state index in [0.29, 0.717) is 6.42 Å². The smallest absolute Gasteiger partial charge is 0.246 e. The molecule has 1 fully saturated rings. The van der Waals surface area contributed by atoms with Gasteiger partial charge in [0.05, 0.1) is 6.04 Å². The summed E-state index contributed by atoms with van der Waals surface area (Å²) in [6.45, 7) is 5.56. The van der Waals surface area contributed by atoms with Crippen molar-refractivity contribution in [3.8, 4) is 0 Å². The Morgan fingerprint density at radius 3 is 2.83 bits per heavy atom. The average Bonchev–Trinajstić information content (AvgIpc) is 2.87. The molecule has 0 aliphatic carbocycles. The molecule has 0 bridgehead atoms. The molecule has 0 spiro atoms. The topological polar surface area (TPSA) is 62.3 Å². The van der Waals surface area contributed by atoms with Gasteiger partial charge in [0.15, 0.2) is 0 Å². The normalized spacial score (nSPS) is 26.1. The lowest BCUT2D eigenvalue weighted by molar-refractivity contribution is -0.151. The molecular formula is C12H17N3O2S. The fourth-order valence-corrected chi connectivity index (χ4v) is 2.91. The van der Waals surface area contributed by atoms with Gasteiger partial charge >= 0.3 is 0 Å². The van der Waals surface area contributed by atoms with Crippen LogP contribution in [0, 0.1) is 0 Å². The molecule has 3 unspecified atom stereocenters. The van der Waals surface area contributed by atoms with Crippen LogP contribution in [0.4, 0.5) is 0 Å². The Labute approximate surface area is 110 Å². The summed E-state index contributed by atoms with van der Waals surface area (Å²) in [4.78, 5) is 30.1. The quantitative estimate of drug-likeness (QED) is 0.898. The zero-order valence-corrected chi connectivity index (χ0v) is 11.5. The minimum Gasteiger partial charge on any atom is -0.343 e. The molecule has 1 aliphatic rings. The van der Waals surface area contributed by atoms with Crippen LogP contribution in [-0.4, -0.2) is 33.8 Å². The molecule has 3 atom stereocenters. The highest BCUT2D eigenvalue weighted by molar-refractivity contribution is 7.09. The first-order chi connectivity index (χ1) is 8.56. The van der Waals surface area contributed by atoms with Gasteiger partial charge in [-0.3, -0.25) is 9.59 Å². The number of aromatic nitrogens is 1. The maximum absolute atomic E-state index is 12.3. The van der Waals surface area contributed by atoms with Crippen LogP contribution >= 0.6 is 11.3 Å². The van der Waals surface area contributed by atoms with Crippen molar-refractivity contribution in [3.05, 3.63) is 16.6 Å². The zero-order chi connectivity index (χ0) is 13.3. The second-order valence-corrected chi connectivity index (χ2v) is 5.36. The molecule has 0 saturated carbocycles. The lowest BCUT2D eigenvalue weighted by atomic mass is 10.0. The Hall–Kier alpha value is -1.43. The summed E-state index contributed by atoms with van der Waals surface area (Å²) < 4.78 is 0. The Balaban J connectivity index is 2.28. The van der Waals surface area contributed by atoms with Crippen LogP contribution < -0.4 is 5.32 Å². The van der Waals surface area contributed by atoms with E-state index in [1.165, 1.54) is 11.3 Å². The van der Waals surface area contributed by atoms with Crippen molar-refractivity contribution < 1.29 is 9.59 Å². The van der Waals surface area contributed by atoms with Crippen LogP contribution in [-0.2, 0) is 9.59 Å².